The van der Waals surface area contributed by atoms with E-state index in [0.717, 1.165) is 28.8 Å². The molecule has 2 N–H and O–H groups in total. The first-order chi connectivity index (χ1) is 11.1. The molecule has 1 aliphatic rings. The average Bonchev–Trinajstić information content (AvgIpc) is 3.09. The monoisotopic (exact) mass is 335 g/mol. The van der Waals surface area contributed by atoms with Gasteiger partial charge in [-0.3, -0.25) is 14.3 Å². The van der Waals surface area contributed by atoms with Crippen LogP contribution >= 0.6 is 11.3 Å². The summed E-state index contributed by atoms with van der Waals surface area (Å²) in [5, 5.41) is 17.0. The number of hydrogen-bond donors (Lipinski definition) is 2. The summed E-state index contributed by atoms with van der Waals surface area (Å²) in [6.45, 7) is 2.12. The zero-order valence-corrected chi connectivity index (χ0v) is 14.0. The number of aliphatic carboxylic acids is 1. The van der Waals surface area contributed by atoms with Crippen LogP contribution in [0.15, 0.2) is 6.07 Å². The second kappa shape index (κ2) is 6.70. The van der Waals surface area contributed by atoms with E-state index in [0.29, 0.717) is 10.9 Å². The van der Waals surface area contributed by atoms with Crippen LogP contribution in [0.1, 0.15) is 59.9 Å². The number of rotatable bonds is 5. The van der Waals surface area contributed by atoms with Gasteiger partial charge in [-0.2, -0.15) is 5.10 Å². The van der Waals surface area contributed by atoms with Gasteiger partial charge in [0.1, 0.15) is 4.83 Å². The lowest BCUT2D eigenvalue weighted by Crippen LogP contribution is -2.25. The molecule has 1 saturated carbocycles. The van der Waals surface area contributed by atoms with Gasteiger partial charge in [0.15, 0.2) is 0 Å². The molecule has 7 heteroatoms. The highest BCUT2D eigenvalue weighted by Crippen LogP contribution is 2.35. The number of nitrogens with one attached hydrogen (secondary N) is 1. The number of amides is 1. The van der Waals surface area contributed by atoms with Gasteiger partial charge >= 0.3 is 5.97 Å². The summed E-state index contributed by atoms with van der Waals surface area (Å²) in [5.74, 6) is -1.12. The highest BCUT2D eigenvalue weighted by Gasteiger charge is 2.22. The van der Waals surface area contributed by atoms with E-state index in [-0.39, 0.29) is 18.9 Å². The second-order valence-electron chi connectivity index (χ2n) is 6.05. The Morgan fingerprint density at radius 1 is 1.39 bits per heavy atom. The molecule has 2 aromatic rings. The number of fused-ring (bicyclic) bond motifs is 1. The predicted molar refractivity (Wildman–Crippen MR) is 89.1 cm³/mol. The fourth-order valence-electron chi connectivity index (χ4n) is 3.13. The zero-order chi connectivity index (χ0) is 16.4. The first kappa shape index (κ1) is 16.0. The number of thiophene rings is 1. The largest absolute Gasteiger partial charge is 0.481 e. The molecule has 0 bridgehead atoms. The molecule has 1 fully saturated rings. The van der Waals surface area contributed by atoms with Gasteiger partial charge < -0.3 is 10.4 Å². The second-order valence-corrected chi connectivity index (χ2v) is 7.08. The highest BCUT2D eigenvalue weighted by molar-refractivity contribution is 7.20. The number of hydrogen-bond acceptors (Lipinski definition) is 4. The van der Waals surface area contributed by atoms with Crippen LogP contribution in [0.3, 0.4) is 0 Å². The van der Waals surface area contributed by atoms with Crippen LogP contribution in [0.5, 0.6) is 0 Å². The summed E-state index contributed by atoms with van der Waals surface area (Å²) in [6, 6.07) is 2.30. The average molecular weight is 335 g/mol. The van der Waals surface area contributed by atoms with Crippen LogP contribution in [-0.2, 0) is 4.79 Å². The number of carbonyl (C=O) groups excluding carboxylic acids is 1. The fraction of sp³-hybridized carbons (Fsp3) is 0.562. The Kier molecular flexibility index (Phi) is 4.66. The van der Waals surface area contributed by atoms with Gasteiger partial charge in [0.2, 0.25) is 0 Å². The third-order valence-electron chi connectivity index (χ3n) is 4.34. The van der Waals surface area contributed by atoms with E-state index in [1.54, 1.807) is 0 Å². The normalized spacial score (nSPS) is 15.9. The Bertz CT molecular complexity index is 728. The predicted octanol–water partition coefficient (Wildman–Crippen LogP) is 3.12. The molecule has 2 heterocycles. The Hall–Kier alpha value is -1.89. The molecule has 0 aliphatic heterocycles. The molecule has 2 aromatic heterocycles. The maximum atomic E-state index is 12.2. The van der Waals surface area contributed by atoms with E-state index in [1.807, 2.05) is 13.0 Å². The number of carboxylic acids is 1. The van der Waals surface area contributed by atoms with Gasteiger partial charge in [-0.25, -0.2) is 0 Å². The Labute approximate surface area is 138 Å². The zero-order valence-electron chi connectivity index (χ0n) is 13.2. The molecule has 0 spiro atoms. The number of aryl methyl sites for hydroxylation is 1. The van der Waals surface area contributed by atoms with Crippen molar-refractivity contribution < 1.29 is 14.7 Å². The number of aromatic nitrogens is 2. The molecule has 0 unspecified atom stereocenters. The molecular formula is C16H21N3O3S. The quantitative estimate of drug-likeness (QED) is 0.879. The SMILES string of the molecule is Cc1nn(C2CCCCC2)c2sc(C(=O)NCCC(=O)O)cc12. The Balaban J connectivity index is 1.81. The maximum Gasteiger partial charge on any atom is 0.305 e. The van der Waals surface area contributed by atoms with Gasteiger partial charge in [0, 0.05) is 11.9 Å². The summed E-state index contributed by atoms with van der Waals surface area (Å²) in [5.41, 5.74) is 0.950. The summed E-state index contributed by atoms with van der Waals surface area (Å²) >= 11 is 1.45. The van der Waals surface area contributed by atoms with Crippen LogP contribution in [0.25, 0.3) is 10.2 Å². The van der Waals surface area contributed by atoms with Crippen molar-refractivity contribution in [2.45, 2.75) is 51.5 Å². The van der Waals surface area contributed by atoms with Crippen molar-refractivity contribution in [3.05, 3.63) is 16.6 Å². The highest BCUT2D eigenvalue weighted by atomic mass is 32.1. The molecule has 1 amide bonds. The van der Waals surface area contributed by atoms with Gasteiger partial charge in [0.25, 0.3) is 5.91 Å². The number of carbonyl (C=O) groups is 2. The molecular weight excluding hydrogens is 314 g/mol. The van der Waals surface area contributed by atoms with E-state index in [1.165, 1.54) is 30.6 Å². The van der Waals surface area contributed by atoms with Crippen molar-refractivity contribution >= 4 is 33.4 Å². The lowest BCUT2D eigenvalue weighted by Gasteiger charge is -2.22. The van der Waals surface area contributed by atoms with Crippen molar-refractivity contribution in [1.29, 1.82) is 0 Å². The van der Waals surface area contributed by atoms with Crippen molar-refractivity contribution in [3.63, 3.8) is 0 Å². The van der Waals surface area contributed by atoms with Gasteiger partial charge in [-0.15, -0.1) is 11.3 Å². The standard InChI is InChI=1S/C16H21N3O3S/c1-10-12-9-13(15(22)17-8-7-14(20)21)23-16(12)19(18-10)11-5-3-2-4-6-11/h9,11H,2-8H2,1H3,(H,17,22)(H,20,21). The molecule has 1 aliphatic carbocycles. The molecule has 3 rings (SSSR count). The van der Waals surface area contributed by atoms with Crippen molar-refractivity contribution in [2.24, 2.45) is 0 Å². The minimum absolute atomic E-state index is 0.0640. The summed E-state index contributed by atoms with van der Waals surface area (Å²) in [6.07, 6.45) is 5.99. The van der Waals surface area contributed by atoms with Gasteiger partial charge in [-0.1, -0.05) is 19.3 Å². The Morgan fingerprint density at radius 2 is 2.13 bits per heavy atom. The van der Waals surface area contributed by atoms with E-state index in [4.69, 9.17) is 5.11 Å². The first-order valence-electron chi connectivity index (χ1n) is 8.05. The molecule has 0 atom stereocenters. The smallest absolute Gasteiger partial charge is 0.305 e. The van der Waals surface area contributed by atoms with Crippen LogP contribution in [0.4, 0.5) is 0 Å². The topological polar surface area (TPSA) is 84.2 Å². The third kappa shape index (κ3) is 3.39. The van der Waals surface area contributed by atoms with E-state index >= 15 is 0 Å². The van der Waals surface area contributed by atoms with E-state index in [2.05, 4.69) is 15.1 Å². The number of nitrogens with zero attached hydrogens (tertiary/aromatic N) is 2. The maximum absolute atomic E-state index is 12.2. The van der Waals surface area contributed by atoms with Gasteiger partial charge in [-0.05, 0) is 25.8 Å². The summed E-state index contributed by atoms with van der Waals surface area (Å²) in [7, 11) is 0. The fourth-order valence-corrected chi connectivity index (χ4v) is 4.28. The third-order valence-corrected chi connectivity index (χ3v) is 5.46. The first-order valence-corrected chi connectivity index (χ1v) is 8.86. The van der Waals surface area contributed by atoms with Crippen molar-refractivity contribution in [1.82, 2.24) is 15.1 Å². The molecule has 0 radical (unpaired) electrons. The van der Waals surface area contributed by atoms with Crippen molar-refractivity contribution in [2.75, 3.05) is 6.54 Å². The summed E-state index contributed by atoms with van der Waals surface area (Å²) < 4.78 is 2.10. The molecule has 0 aromatic carbocycles. The van der Waals surface area contributed by atoms with Crippen LogP contribution in [0, 0.1) is 6.92 Å². The minimum Gasteiger partial charge on any atom is -0.481 e. The molecule has 124 valence electrons. The molecule has 6 nitrogen and oxygen atoms in total. The molecule has 23 heavy (non-hydrogen) atoms. The van der Waals surface area contributed by atoms with E-state index < -0.39 is 5.97 Å². The van der Waals surface area contributed by atoms with Gasteiger partial charge in [0.05, 0.1) is 23.0 Å². The lowest BCUT2D eigenvalue weighted by atomic mass is 9.96. The summed E-state index contributed by atoms with van der Waals surface area (Å²) in [4.78, 5) is 24.4. The minimum atomic E-state index is -0.912. The molecule has 0 saturated heterocycles. The van der Waals surface area contributed by atoms with E-state index in [9.17, 15) is 9.59 Å². The lowest BCUT2D eigenvalue weighted by molar-refractivity contribution is -0.136. The van der Waals surface area contributed by atoms with Crippen LogP contribution < -0.4 is 5.32 Å². The van der Waals surface area contributed by atoms with Crippen molar-refractivity contribution in [3.8, 4) is 0 Å². The van der Waals surface area contributed by atoms with Crippen LogP contribution in [0.2, 0.25) is 0 Å². The number of carboxylic acid groups (broad SMARTS) is 1. The Morgan fingerprint density at radius 3 is 2.83 bits per heavy atom. The van der Waals surface area contributed by atoms with Crippen LogP contribution in [-0.4, -0.2) is 33.3 Å².